The van der Waals surface area contributed by atoms with Crippen molar-refractivity contribution in [1.82, 2.24) is 20.1 Å². The fourth-order valence-electron chi connectivity index (χ4n) is 1.03. The molecule has 78 valence electrons. The van der Waals surface area contributed by atoms with Crippen molar-refractivity contribution in [3.8, 4) is 0 Å². The summed E-state index contributed by atoms with van der Waals surface area (Å²) in [6.45, 7) is 3.27. The van der Waals surface area contributed by atoms with E-state index in [9.17, 15) is 4.79 Å². The molecule has 6 heteroatoms. The first-order valence-corrected chi connectivity index (χ1v) is 5.59. The van der Waals surface area contributed by atoms with Gasteiger partial charge < -0.3 is 9.88 Å². The Balaban J connectivity index is 2.41. The van der Waals surface area contributed by atoms with E-state index in [0.29, 0.717) is 18.3 Å². The molecule has 0 aliphatic carbocycles. The Bertz CT molecular complexity index is 299. The second-order valence-corrected chi connectivity index (χ2v) is 3.54. The normalized spacial score (nSPS) is 10.1. The Hall–Kier alpha value is -0.910. The molecular weight excluding hydrogens is 248 g/mol. The molecule has 0 aromatic carbocycles. The van der Waals surface area contributed by atoms with Crippen LogP contribution in [0.15, 0.2) is 6.33 Å². The molecule has 0 aliphatic rings. The molecule has 0 unspecified atom stereocenters. The van der Waals surface area contributed by atoms with Crippen LogP contribution in [0.4, 0.5) is 0 Å². The smallest absolute Gasteiger partial charge is 0.221 e. The van der Waals surface area contributed by atoms with E-state index >= 15 is 0 Å². The fraction of sp³-hybridized carbons (Fsp3) is 0.625. The lowest BCUT2D eigenvalue weighted by Crippen LogP contribution is -2.24. The monoisotopic (exact) mass is 260 g/mol. The topological polar surface area (TPSA) is 59.8 Å². The number of aromatic nitrogens is 3. The zero-order chi connectivity index (χ0) is 10.4. The highest BCUT2D eigenvalue weighted by Crippen LogP contribution is 1.95. The Kier molecular flexibility index (Phi) is 4.58. The van der Waals surface area contributed by atoms with Crippen LogP contribution in [0.1, 0.15) is 19.2 Å². The lowest BCUT2D eigenvalue weighted by molar-refractivity contribution is -0.120. The molecule has 1 rings (SSSR count). The Morgan fingerprint density at radius 1 is 1.71 bits per heavy atom. The van der Waals surface area contributed by atoms with E-state index in [0.717, 1.165) is 12.4 Å². The number of aryl methyl sites for hydroxylation is 1. The van der Waals surface area contributed by atoms with Crippen LogP contribution in [0.25, 0.3) is 0 Å². The summed E-state index contributed by atoms with van der Waals surface area (Å²) in [5.74, 6) is 0.808. The van der Waals surface area contributed by atoms with Crippen molar-refractivity contribution in [2.24, 2.45) is 0 Å². The first-order chi connectivity index (χ1) is 6.77. The molecule has 5 nitrogen and oxygen atoms in total. The summed E-state index contributed by atoms with van der Waals surface area (Å²) in [5, 5.41) is 11.1. The number of rotatable bonds is 5. The summed E-state index contributed by atoms with van der Waals surface area (Å²) < 4.78 is 1.90. The van der Waals surface area contributed by atoms with Crippen LogP contribution in [0.2, 0.25) is 0 Å². The van der Waals surface area contributed by atoms with E-state index in [-0.39, 0.29) is 5.91 Å². The third-order valence-electron chi connectivity index (χ3n) is 1.80. The van der Waals surface area contributed by atoms with Crippen molar-refractivity contribution >= 4 is 21.8 Å². The number of nitrogens with zero attached hydrogens (tertiary/aromatic N) is 3. The summed E-state index contributed by atoms with van der Waals surface area (Å²) in [4.78, 5) is 11.1. The molecule has 0 spiro atoms. The van der Waals surface area contributed by atoms with Crippen molar-refractivity contribution in [3.63, 3.8) is 0 Å². The van der Waals surface area contributed by atoms with Crippen LogP contribution >= 0.6 is 15.9 Å². The molecule has 1 N–H and O–H groups in total. The third-order valence-corrected chi connectivity index (χ3v) is 2.20. The molecule has 0 radical (unpaired) electrons. The quantitative estimate of drug-likeness (QED) is 0.794. The van der Waals surface area contributed by atoms with Crippen LogP contribution in [0.5, 0.6) is 0 Å². The molecule has 1 heterocycles. The van der Waals surface area contributed by atoms with Crippen molar-refractivity contribution in [1.29, 1.82) is 0 Å². The van der Waals surface area contributed by atoms with E-state index in [1.165, 1.54) is 0 Å². The summed E-state index contributed by atoms with van der Waals surface area (Å²) >= 11 is 3.20. The Morgan fingerprint density at radius 2 is 2.50 bits per heavy atom. The minimum atomic E-state index is 0.0209. The number of carbonyl (C=O) groups excluding carboxylic acids is 1. The van der Waals surface area contributed by atoms with Gasteiger partial charge in [0, 0.05) is 18.3 Å². The van der Waals surface area contributed by atoms with Gasteiger partial charge in [0.2, 0.25) is 5.91 Å². The van der Waals surface area contributed by atoms with E-state index in [1.54, 1.807) is 6.33 Å². The molecule has 1 aromatic heterocycles. The molecule has 0 atom stereocenters. The lowest BCUT2D eigenvalue weighted by Gasteiger charge is -2.04. The number of alkyl halides is 1. The zero-order valence-corrected chi connectivity index (χ0v) is 9.62. The van der Waals surface area contributed by atoms with Gasteiger partial charge in [-0.3, -0.25) is 4.79 Å². The highest BCUT2D eigenvalue weighted by Gasteiger charge is 2.04. The lowest BCUT2D eigenvalue weighted by atomic mass is 10.4. The predicted molar refractivity (Wildman–Crippen MR) is 56.0 cm³/mol. The van der Waals surface area contributed by atoms with E-state index in [1.807, 2.05) is 11.5 Å². The SMILES string of the molecule is CCn1cnnc1CNC(=O)CCBr. The number of halogens is 1. The second kappa shape index (κ2) is 5.74. The minimum Gasteiger partial charge on any atom is -0.349 e. The van der Waals surface area contributed by atoms with Gasteiger partial charge in [0.05, 0.1) is 6.54 Å². The molecule has 0 aliphatic heterocycles. The largest absolute Gasteiger partial charge is 0.349 e. The van der Waals surface area contributed by atoms with Gasteiger partial charge in [-0.25, -0.2) is 0 Å². The van der Waals surface area contributed by atoms with Crippen LogP contribution in [0.3, 0.4) is 0 Å². The molecule has 0 saturated carbocycles. The summed E-state index contributed by atoms with van der Waals surface area (Å²) in [6.07, 6.45) is 2.15. The van der Waals surface area contributed by atoms with Gasteiger partial charge in [0.1, 0.15) is 6.33 Å². The number of carbonyl (C=O) groups is 1. The highest BCUT2D eigenvalue weighted by molar-refractivity contribution is 9.09. The van der Waals surface area contributed by atoms with Crippen LogP contribution in [0, 0.1) is 0 Å². The first-order valence-electron chi connectivity index (χ1n) is 4.47. The average molecular weight is 261 g/mol. The molecule has 0 saturated heterocycles. The number of amides is 1. The highest BCUT2D eigenvalue weighted by atomic mass is 79.9. The zero-order valence-electron chi connectivity index (χ0n) is 8.03. The van der Waals surface area contributed by atoms with E-state index < -0.39 is 0 Å². The van der Waals surface area contributed by atoms with Gasteiger partial charge in [-0.2, -0.15) is 0 Å². The van der Waals surface area contributed by atoms with Gasteiger partial charge in [-0.15, -0.1) is 10.2 Å². The molecule has 1 amide bonds. The van der Waals surface area contributed by atoms with Gasteiger partial charge in [-0.1, -0.05) is 15.9 Å². The predicted octanol–water partition coefficient (Wildman–Crippen LogP) is 0.699. The summed E-state index contributed by atoms with van der Waals surface area (Å²) in [6, 6.07) is 0. The minimum absolute atomic E-state index is 0.0209. The van der Waals surface area contributed by atoms with Crippen molar-refractivity contribution in [2.75, 3.05) is 5.33 Å². The summed E-state index contributed by atoms with van der Waals surface area (Å²) in [5.41, 5.74) is 0. The van der Waals surface area contributed by atoms with Crippen molar-refractivity contribution < 1.29 is 4.79 Å². The van der Waals surface area contributed by atoms with Crippen molar-refractivity contribution in [2.45, 2.75) is 26.4 Å². The second-order valence-electron chi connectivity index (χ2n) is 2.75. The standard InChI is InChI=1S/C8H13BrN4O/c1-2-13-6-11-12-7(13)5-10-8(14)3-4-9/h6H,2-5H2,1H3,(H,10,14). The molecule has 14 heavy (non-hydrogen) atoms. The maximum absolute atomic E-state index is 11.1. The number of hydrogen-bond acceptors (Lipinski definition) is 3. The van der Waals surface area contributed by atoms with Gasteiger partial charge in [0.15, 0.2) is 5.82 Å². The average Bonchev–Trinajstić information content (AvgIpc) is 2.62. The Labute approximate surface area is 91.0 Å². The van der Waals surface area contributed by atoms with Gasteiger partial charge >= 0.3 is 0 Å². The number of hydrogen-bond donors (Lipinski definition) is 1. The van der Waals surface area contributed by atoms with Crippen molar-refractivity contribution in [3.05, 3.63) is 12.2 Å². The maximum atomic E-state index is 11.1. The Morgan fingerprint density at radius 3 is 3.14 bits per heavy atom. The number of nitrogens with one attached hydrogen (secondary N) is 1. The fourth-order valence-corrected chi connectivity index (χ4v) is 1.39. The van der Waals surface area contributed by atoms with Crippen LogP contribution in [-0.2, 0) is 17.9 Å². The van der Waals surface area contributed by atoms with Crippen LogP contribution < -0.4 is 5.32 Å². The van der Waals surface area contributed by atoms with E-state index in [2.05, 4.69) is 31.4 Å². The molecular formula is C8H13BrN4O. The maximum Gasteiger partial charge on any atom is 0.221 e. The molecule has 1 aromatic rings. The summed E-state index contributed by atoms with van der Waals surface area (Å²) in [7, 11) is 0. The third kappa shape index (κ3) is 3.10. The molecule has 0 fully saturated rings. The van der Waals surface area contributed by atoms with E-state index in [4.69, 9.17) is 0 Å². The van der Waals surface area contributed by atoms with Gasteiger partial charge in [-0.05, 0) is 6.92 Å². The van der Waals surface area contributed by atoms with Gasteiger partial charge in [0.25, 0.3) is 0 Å². The first kappa shape index (κ1) is 11.2. The molecule has 0 bridgehead atoms. The van der Waals surface area contributed by atoms with Crippen LogP contribution in [-0.4, -0.2) is 26.0 Å².